The number of aliphatic hydroxyl groups excluding tert-OH is 2. The Balaban J connectivity index is 0. The van der Waals surface area contributed by atoms with E-state index in [0.29, 0.717) is 0 Å². The van der Waals surface area contributed by atoms with Crippen LogP contribution in [0.4, 0.5) is 0 Å². The molecule has 7 heavy (non-hydrogen) atoms. The Bertz CT molecular complexity index is 61.2. The first kappa shape index (κ1) is 9.65. The van der Waals surface area contributed by atoms with Crippen LogP contribution in [0.25, 0.3) is 0 Å². The molecule has 0 aliphatic heterocycles. The van der Waals surface area contributed by atoms with Crippen molar-refractivity contribution in [1.29, 1.82) is 0 Å². The fourth-order valence-electron chi connectivity index (χ4n) is 0. The summed E-state index contributed by atoms with van der Waals surface area (Å²) in [5, 5.41) is 23.6. The molecule has 0 heterocycles. The van der Waals surface area contributed by atoms with Crippen molar-refractivity contribution >= 4 is 0 Å². The Hall–Kier alpha value is -0.580. The third kappa shape index (κ3) is 5.42. The van der Waals surface area contributed by atoms with E-state index in [1.54, 1.807) is 0 Å². The zero-order valence-corrected chi connectivity index (χ0v) is 3.83. The lowest BCUT2D eigenvalue weighted by molar-refractivity contribution is -0.0363. The van der Waals surface area contributed by atoms with Crippen LogP contribution in [-0.4, -0.2) is 21.6 Å². The van der Waals surface area contributed by atoms with Gasteiger partial charge in [-0.25, -0.2) is 0 Å². The Morgan fingerprint density at radius 1 is 1.43 bits per heavy atom. The monoisotopic (exact) mass is 107 g/mol. The predicted octanol–water partition coefficient (Wildman–Crippen LogP) is -0.469. The highest BCUT2D eigenvalue weighted by atomic mass is 16.5. The van der Waals surface area contributed by atoms with E-state index in [-0.39, 0.29) is 6.15 Å². The molecule has 0 saturated carbocycles. The Kier molecular flexibility index (Phi) is 4.97. The van der Waals surface area contributed by atoms with Crippen LogP contribution < -0.4 is 6.15 Å². The van der Waals surface area contributed by atoms with Crippen LogP contribution >= 0.6 is 0 Å². The first-order chi connectivity index (χ1) is 2.64. The van der Waals surface area contributed by atoms with E-state index < -0.39 is 12.0 Å². The third-order valence-electron chi connectivity index (χ3n) is 0.298. The summed E-state index contributed by atoms with van der Waals surface area (Å²) in [6, 6.07) is 0. The van der Waals surface area contributed by atoms with Gasteiger partial charge in [-0.3, -0.25) is 0 Å². The van der Waals surface area contributed by atoms with Gasteiger partial charge in [0, 0.05) is 0 Å². The van der Waals surface area contributed by atoms with Gasteiger partial charge in [0.05, 0.1) is 0 Å². The average molecular weight is 107 g/mol. The average Bonchev–Trinajstić information content (AvgIpc) is 1.36. The van der Waals surface area contributed by atoms with Crippen molar-refractivity contribution in [3.8, 4) is 0 Å². The summed E-state index contributed by atoms with van der Waals surface area (Å²) in [7, 11) is 0. The van der Waals surface area contributed by atoms with E-state index in [9.17, 15) is 0 Å². The van der Waals surface area contributed by atoms with Crippen LogP contribution in [0.1, 0.15) is 0 Å². The number of hydrogen-bond acceptors (Lipinski definition) is 4. The van der Waals surface area contributed by atoms with Gasteiger partial charge in [-0.2, -0.15) is 0 Å². The fourth-order valence-corrected chi connectivity index (χ4v) is 0. The molecule has 0 aromatic rings. The van der Waals surface area contributed by atoms with Gasteiger partial charge in [0.2, 0.25) is 6.29 Å². The predicted molar refractivity (Wildman–Crippen MR) is 25.0 cm³/mol. The highest BCUT2D eigenvalue weighted by molar-refractivity contribution is 4.80. The minimum atomic E-state index is -1.79. The van der Waals surface area contributed by atoms with Crippen molar-refractivity contribution in [3.63, 3.8) is 0 Å². The highest BCUT2D eigenvalue weighted by Gasteiger charge is 1.95. The van der Waals surface area contributed by atoms with Gasteiger partial charge in [-0.1, -0.05) is 6.58 Å². The molecular formula is C3H9NO3. The zero-order valence-electron chi connectivity index (χ0n) is 3.83. The summed E-state index contributed by atoms with van der Waals surface area (Å²) >= 11 is 0. The van der Waals surface area contributed by atoms with Crippen LogP contribution in [0.15, 0.2) is 12.3 Å². The largest absolute Gasteiger partial charge is 0.508 e. The summed E-state index contributed by atoms with van der Waals surface area (Å²) in [5.41, 5.74) is 0. The maximum absolute atomic E-state index is 7.94. The minimum Gasteiger partial charge on any atom is -0.508 e. The third-order valence-corrected chi connectivity index (χ3v) is 0.298. The fraction of sp³-hybridized carbons (Fsp3) is 0.333. The Morgan fingerprint density at radius 2 is 1.57 bits per heavy atom. The molecule has 0 aliphatic carbocycles. The molecule has 0 aliphatic rings. The van der Waals surface area contributed by atoms with Crippen LogP contribution in [-0.2, 0) is 0 Å². The summed E-state index contributed by atoms with van der Waals surface area (Å²) in [4.78, 5) is 0. The van der Waals surface area contributed by atoms with Crippen LogP contribution in [0.5, 0.6) is 0 Å². The molecule has 0 atom stereocenters. The second-order valence-electron chi connectivity index (χ2n) is 0.865. The molecule has 6 N–H and O–H groups in total. The van der Waals surface area contributed by atoms with E-state index in [4.69, 9.17) is 15.3 Å². The molecule has 0 spiro atoms. The molecule has 0 radical (unpaired) electrons. The maximum atomic E-state index is 7.94. The molecule has 0 saturated heterocycles. The number of rotatable bonds is 1. The summed E-state index contributed by atoms with van der Waals surface area (Å²) in [6.45, 7) is 2.81. The van der Waals surface area contributed by atoms with E-state index in [2.05, 4.69) is 6.58 Å². The van der Waals surface area contributed by atoms with Crippen LogP contribution in [0.3, 0.4) is 0 Å². The zero-order chi connectivity index (χ0) is 5.15. The van der Waals surface area contributed by atoms with Crippen molar-refractivity contribution in [3.05, 3.63) is 12.3 Å². The molecule has 4 nitrogen and oxygen atoms in total. The molecule has 0 unspecified atom stereocenters. The first-order valence-electron chi connectivity index (χ1n) is 1.38. The van der Waals surface area contributed by atoms with Crippen LogP contribution in [0.2, 0.25) is 0 Å². The van der Waals surface area contributed by atoms with Gasteiger partial charge in [0.1, 0.15) is 5.76 Å². The topological polar surface area (TPSA) is 95.7 Å². The molecule has 0 amide bonds. The molecule has 4 heteroatoms. The first-order valence-corrected chi connectivity index (χ1v) is 1.38. The lowest BCUT2D eigenvalue weighted by atomic mass is 10.6. The molecule has 0 aromatic heterocycles. The SMILES string of the molecule is C=C(O)C(O)O.N. The molecule has 44 valence electrons. The summed E-state index contributed by atoms with van der Waals surface area (Å²) in [5.74, 6) is -0.630. The van der Waals surface area contributed by atoms with Crippen molar-refractivity contribution in [2.24, 2.45) is 0 Å². The standard InChI is InChI=1S/C3H6O3.H3N/c1-2(4)3(5)6;/h3-6H,1H2;1H3. The molecule has 0 aromatic carbocycles. The number of aliphatic hydroxyl groups is 3. The van der Waals surface area contributed by atoms with E-state index in [1.807, 2.05) is 0 Å². The van der Waals surface area contributed by atoms with Crippen molar-refractivity contribution in [2.75, 3.05) is 0 Å². The van der Waals surface area contributed by atoms with E-state index in [0.717, 1.165) is 0 Å². The molecule has 0 bridgehead atoms. The van der Waals surface area contributed by atoms with E-state index >= 15 is 0 Å². The van der Waals surface area contributed by atoms with Gasteiger partial charge in [-0.15, -0.1) is 0 Å². The van der Waals surface area contributed by atoms with Gasteiger partial charge < -0.3 is 21.5 Å². The lowest BCUT2D eigenvalue weighted by Gasteiger charge is -1.94. The smallest absolute Gasteiger partial charge is 0.210 e. The van der Waals surface area contributed by atoms with Crippen LogP contribution in [0, 0.1) is 0 Å². The Labute approximate surface area is 41.3 Å². The van der Waals surface area contributed by atoms with E-state index in [1.165, 1.54) is 0 Å². The van der Waals surface area contributed by atoms with Crippen molar-refractivity contribution in [1.82, 2.24) is 6.15 Å². The van der Waals surface area contributed by atoms with Crippen molar-refractivity contribution in [2.45, 2.75) is 6.29 Å². The minimum absolute atomic E-state index is 0. The van der Waals surface area contributed by atoms with Gasteiger partial charge in [-0.05, 0) is 0 Å². The van der Waals surface area contributed by atoms with Crippen molar-refractivity contribution < 1.29 is 15.3 Å². The Morgan fingerprint density at radius 3 is 1.57 bits per heavy atom. The molecule has 0 rings (SSSR count). The molecular weight excluding hydrogens is 98.0 g/mol. The quantitative estimate of drug-likeness (QED) is 0.269. The second kappa shape index (κ2) is 3.60. The van der Waals surface area contributed by atoms with Gasteiger partial charge in [0.15, 0.2) is 0 Å². The van der Waals surface area contributed by atoms with Gasteiger partial charge >= 0.3 is 0 Å². The van der Waals surface area contributed by atoms with Gasteiger partial charge in [0.25, 0.3) is 0 Å². The summed E-state index contributed by atoms with van der Waals surface area (Å²) < 4.78 is 0. The number of hydrogen-bond donors (Lipinski definition) is 4. The molecule has 0 fully saturated rings. The normalized spacial score (nSPS) is 7.86. The second-order valence-corrected chi connectivity index (χ2v) is 0.865. The highest BCUT2D eigenvalue weighted by Crippen LogP contribution is 1.84. The summed E-state index contributed by atoms with van der Waals surface area (Å²) in [6.07, 6.45) is -1.79. The lowest BCUT2D eigenvalue weighted by Crippen LogP contribution is -2.05. The maximum Gasteiger partial charge on any atom is 0.210 e.